The number of rotatable bonds is 4. The molecule has 2 unspecified atom stereocenters. The van der Waals surface area contributed by atoms with Gasteiger partial charge in [-0.3, -0.25) is 14.4 Å². The first-order chi connectivity index (χ1) is 8.25. The molecular weight excluding hydrogens is 246 g/mol. The second kappa shape index (κ2) is 7.58. The summed E-state index contributed by atoms with van der Waals surface area (Å²) in [7, 11) is 0. The first-order valence-corrected chi connectivity index (χ1v) is 5.20. The Labute approximate surface area is 103 Å². The Morgan fingerprint density at radius 1 is 1.33 bits per heavy atom. The average molecular weight is 263 g/mol. The highest BCUT2D eigenvalue weighted by Gasteiger charge is 2.28. The number of hydrogen-bond acceptors (Lipinski definition) is 6. The van der Waals surface area contributed by atoms with E-state index in [1.54, 1.807) is 0 Å². The molecule has 0 aromatic rings. The number of carboxylic acids is 2. The molecule has 0 aromatic carbocycles. The first-order valence-electron chi connectivity index (χ1n) is 5.20. The van der Waals surface area contributed by atoms with E-state index >= 15 is 0 Å². The van der Waals surface area contributed by atoms with Gasteiger partial charge in [0.05, 0.1) is 6.42 Å². The predicted molar refractivity (Wildman–Crippen MR) is 58.6 cm³/mol. The molecule has 1 saturated heterocycles. The fourth-order valence-corrected chi connectivity index (χ4v) is 1.31. The molecule has 0 spiro atoms. The lowest BCUT2D eigenvalue weighted by Gasteiger charge is -2.11. The van der Waals surface area contributed by atoms with Crippen molar-refractivity contribution in [2.75, 3.05) is 6.54 Å². The summed E-state index contributed by atoms with van der Waals surface area (Å²) in [6.07, 6.45) is 1.02. The number of hydrogen-bond donors (Lipinski definition) is 5. The van der Waals surface area contributed by atoms with E-state index in [1.807, 2.05) is 0 Å². The molecule has 1 amide bonds. The van der Waals surface area contributed by atoms with Crippen LogP contribution in [0.3, 0.4) is 0 Å². The van der Waals surface area contributed by atoms with Crippen LogP contribution in [0.4, 0.5) is 0 Å². The number of hydroxylamine groups is 2. The van der Waals surface area contributed by atoms with Crippen molar-refractivity contribution in [2.45, 2.75) is 31.3 Å². The SMILES string of the molecule is NC(=O)CC(N)C(=O)O.O=C(O)C1CCCN1O. The molecule has 0 radical (unpaired) electrons. The third-order valence-corrected chi connectivity index (χ3v) is 2.25. The predicted octanol–water partition coefficient (Wildman–Crippen LogP) is -1.80. The fraction of sp³-hybridized carbons (Fsp3) is 0.667. The van der Waals surface area contributed by atoms with Gasteiger partial charge in [-0.25, -0.2) is 0 Å². The molecule has 1 heterocycles. The van der Waals surface area contributed by atoms with Crippen molar-refractivity contribution in [1.29, 1.82) is 0 Å². The Balaban J connectivity index is 0.000000321. The molecule has 0 saturated carbocycles. The van der Waals surface area contributed by atoms with Crippen LogP contribution in [-0.4, -0.2) is 57.0 Å². The monoisotopic (exact) mass is 263 g/mol. The van der Waals surface area contributed by atoms with E-state index in [0.717, 1.165) is 11.5 Å². The van der Waals surface area contributed by atoms with Gasteiger partial charge >= 0.3 is 11.9 Å². The molecular formula is C9H17N3O6. The second-order valence-electron chi connectivity index (χ2n) is 3.77. The van der Waals surface area contributed by atoms with Gasteiger partial charge in [-0.05, 0) is 12.8 Å². The standard InChI is InChI=1S/C5H9NO3.C4H8N2O3/c7-5(8)4-2-1-3-6(4)9;5-2(4(8)9)1-3(6)7/h4,9H,1-3H2,(H,7,8);2H,1,5H2,(H2,6,7)(H,8,9). The summed E-state index contributed by atoms with van der Waals surface area (Å²) < 4.78 is 0. The molecule has 1 rings (SSSR count). The number of primary amides is 1. The molecule has 0 bridgehead atoms. The van der Waals surface area contributed by atoms with Crippen molar-refractivity contribution < 1.29 is 29.8 Å². The van der Waals surface area contributed by atoms with Crippen molar-refractivity contribution in [3.8, 4) is 0 Å². The van der Waals surface area contributed by atoms with E-state index < -0.39 is 29.9 Å². The van der Waals surface area contributed by atoms with E-state index in [0.29, 0.717) is 13.0 Å². The Hall–Kier alpha value is -1.71. The van der Waals surface area contributed by atoms with Crippen LogP contribution < -0.4 is 11.5 Å². The zero-order valence-corrected chi connectivity index (χ0v) is 9.65. The number of nitrogens with two attached hydrogens (primary N) is 2. The topological polar surface area (TPSA) is 167 Å². The van der Waals surface area contributed by atoms with Gasteiger partial charge in [0.25, 0.3) is 0 Å². The number of carbonyl (C=O) groups is 3. The third-order valence-electron chi connectivity index (χ3n) is 2.25. The van der Waals surface area contributed by atoms with Gasteiger partial charge in [-0.15, -0.1) is 0 Å². The van der Waals surface area contributed by atoms with Crippen LogP contribution in [0.5, 0.6) is 0 Å². The number of amides is 1. The summed E-state index contributed by atoms with van der Waals surface area (Å²) in [5.41, 5.74) is 9.57. The highest BCUT2D eigenvalue weighted by molar-refractivity contribution is 5.83. The lowest BCUT2D eigenvalue weighted by atomic mass is 10.2. The Morgan fingerprint density at radius 2 is 1.89 bits per heavy atom. The minimum Gasteiger partial charge on any atom is -0.480 e. The minimum absolute atomic E-state index is 0.310. The van der Waals surface area contributed by atoms with E-state index in [-0.39, 0.29) is 6.42 Å². The molecule has 7 N–H and O–H groups in total. The van der Waals surface area contributed by atoms with Crippen molar-refractivity contribution in [1.82, 2.24) is 5.06 Å². The Morgan fingerprint density at radius 3 is 2.06 bits per heavy atom. The lowest BCUT2D eigenvalue weighted by molar-refractivity contribution is -0.161. The van der Waals surface area contributed by atoms with Crippen molar-refractivity contribution >= 4 is 17.8 Å². The van der Waals surface area contributed by atoms with Gasteiger partial charge in [-0.1, -0.05) is 0 Å². The molecule has 1 aliphatic rings. The highest BCUT2D eigenvalue weighted by atomic mass is 16.5. The minimum atomic E-state index is -1.21. The van der Waals surface area contributed by atoms with E-state index in [9.17, 15) is 14.4 Å². The molecule has 1 fully saturated rings. The van der Waals surface area contributed by atoms with Crippen molar-refractivity contribution in [3.63, 3.8) is 0 Å². The van der Waals surface area contributed by atoms with Crippen LogP contribution in [0, 0.1) is 0 Å². The smallest absolute Gasteiger partial charge is 0.323 e. The van der Waals surface area contributed by atoms with E-state index in [1.165, 1.54) is 0 Å². The summed E-state index contributed by atoms with van der Waals surface area (Å²) in [5.74, 6) is -2.85. The van der Waals surface area contributed by atoms with Gasteiger partial charge in [0.15, 0.2) is 0 Å². The van der Waals surface area contributed by atoms with Crippen LogP contribution in [0.2, 0.25) is 0 Å². The summed E-state index contributed by atoms with van der Waals surface area (Å²) >= 11 is 0. The number of nitrogens with zero attached hydrogens (tertiary/aromatic N) is 1. The van der Waals surface area contributed by atoms with E-state index in [4.69, 9.17) is 21.2 Å². The molecule has 0 aliphatic carbocycles. The van der Waals surface area contributed by atoms with Crippen LogP contribution in [0.15, 0.2) is 0 Å². The molecule has 0 aromatic heterocycles. The van der Waals surface area contributed by atoms with Crippen LogP contribution in [-0.2, 0) is 14.4 Å². The Bertz CT molecular complexity index is 321. The van der Waals surface area contributed by atoms with Gasteiger partial charge in [0.2, 0.25) is 5.91 Å². The zero-order chi connectivity index (χ0) is 14.3. The van der Waals surface area contributed by atoms with Crippen LogP contribution in [0.25, 0.3) is 0 Å². The molecule has 2 atom stereocenters. The highest BCUT2D eigenvalue weighted by Crippen LogP contribution is 2.13. The Kier molecular flexibility index (Phi) is 6.86. The largest absolute Gasteiger partial charge is 0.480 e. The number of carbonyl (C=O) groups excluding carboxylic acids is 1. The van der Waals surface area contributed by atoms with Crippen LogP contribution in [0.1, 0.15) is 19.3 Å². The van der Waals surface area contributed by atoms with Crippen LogP contribution >= 0.6 is 0 Å². The first kappa shape index (κ1) is 16.3. The summed E-state index contributed by atoms with van der Waals surface area (Å²) in [4.78, 5) is 30.1. The molecule has 9 nitrogen and oxygen atoms in total. The summed E-state index contributed by atoms with van der Waals surface area (Å²) in [6, 6.07) is -1.83. The normalized spacial score (nSPS) is 20.7. The fourth-order valence-electron chi connectivity index (χ4n) is 1.31. The maximum Gasteiger partial charge on any atom is 0.323 e. The maximum absolute atomic E-state index is 10.2. The second-order valence-corrected chi connectivity index (χ2v) is 3.77. The van der Waals surface area contributed by atoms with Gasteiger partial charge in [0, 0.05) is 6.54 Å². The van der Waals surface area contributed by atoms with Crippen molar-refractivity contribution in [2.24, 2.45) is 11.5 Å². The summed E-state index contributed by atoms with van der Waals surface area (Å²) in [5, 5.41) is 26.2. The van der Waals surface area contributed by atoms with Gasteiger partial charge in [-0.2, -0.15) is 5.06 Å². The number of aliphatic carboxylic acids is 2. The molecule has 18 heavy (non-hydrogen) atoms. The zero-order valence-electron chi connectivity index (χ0n) is 9.65. The maximum atomic E-state index is 10.2. The average Bonchev–Trinajstić information content (AvgIpc) is 2.64. The molecule has 104 valence electrons. The number of carboxylic acid groups (broad SMARTS) is 2. The molecule has 9 heteroatoms. The van der Waals surface area contributed by atoms with E-state index in [2.05, 4.69) is 5.73 Å². The molecule has 1 aliphatic heterocycles. The van der Waals surface area contributed by atoms with Gasteiger partial charge in [0.1, 0.15) is 12.1 Å². The quantitative estimate of drug-likeness (QED) is 0.395. The third kappa shape index (κ3) is 6.13. The van der Waals surface area contributed by atoms with Gasteiger partial charge < -0.3 is 26.9 Å². The summed E-state index contributed by atoms with van der Waals surface area (Å²) in [6.45, 7) is 0.483. The van der Waals surface area contributed by atoms with Crippen molar-refractivity contribution in [3.05, 3.63) is 0 Å². The lowest BCUT2D eigenvalue weighted by Crippen LogP contribution is -2.34.